The number of nitrogens with one attached hydrogen (secondary N) is 1. The third kappa shape index (κ3) is 4.09. The topological polar surface area (TPSA) is 15.3 Å². The van der Waals surface area contributed by atoms with Gasteiger partial charge in [-0.25, -0.2) is 4.39 Å². The molecule has 2 unspecified atom stereocenters. The summed E-state index contributed by atoms with van der Waals surface area (Å²) in [5.74, 6) is -1.22. The van der Waals surface area contributed by atoms with E-state index in [1.54, 1.807) is 0 Å². The van der Waals surface area contributed by atoms with Crippen LogP contribution in [0.2, 0.25) is 0 Å². The highest BCUT2D eigenvalue weighted by molar-refractivity contribution is 5.49. The van der Waals surface area contributed by atoms with Gasteiger partial charge in [0.25, 0.3) is 0 Å². The summed E-state index contributed by atoms with van der Waals surface area (Å²) in [5, 5.41) is 3.43. The third-order valence-corrected chi connectivity index (χ3v) is 3.85. The van der Waals surface area contributed by atoms with Gasteiger partial charge < -0.3 is 10.2 Å². The molecule has 2 rings (SSSR count). The molecule has 0 bridgehead atoms. The Morgan fingerprint density at radius 3 is 2.19 bits per heavy atom. The van der Waals surface area contributed by atoms with Gasteiger partial charge in [0.2, 0.25) is 0 Å². The summed E-state index contributed by atoms with van der Waals surface area (Å²) in [5.41, 5.74) is -0.758. The number of hydrogen-bond donors (Lipinski definition) is 1. The Morgan fingerprint density at radius 2 is 1.67 bits per heavy atom. The molecule has 2 nitrogen and oxygen atoms in total. The van der Waals surface area contributed by atoms with E-state index >= 15 is 0 Å². The molecule has 1 N–H and O–H groups in total. The van der Waals surface area contributed by atoms with Gasteiger partial charge in [-0.2, -0.15) is 13.2 Å². The lowest BCUT2D eigenvalue weighted by molar-refractivity contribution is -0.139. The SMILES string of the molecule is CC1CCN(c2ccc(F)c(C(F)(F)F)c2)CCC(C)N1. The molecule has 0 aromatic heterocycles. The van der Waals surface area contributed by atoms with Crippen LogP contribution in [0.15, 0.2) is 18.2 Å². The second kappa shape index (κ2) is 6.22. The second-order valence-electron chi connectivity index (χ2n) is 5.70. The molecule has 1 saturated heterocycles. The molecular weight excluding hydrogens is 284 g/mol. The number of halogens is 4. The summed E-state index contributed by atoms with van der Waals surface area (Å²) in [6.07, 6.45) is -2.99. The van der Waals surface area contributed by atoms with Crippen LogP contribution in [0.4, 0.5) is 23.2 Å². The minimum Gasteiger partial charge on any atom is -0.371 e. The lowest BCUT2D eigenvalue weighted by atomic mass is 10.1. The Balaban J connectivity index is 2.24. The quantitative estimate of drug-likeness (QED) is 0.794. The highest BCUT2D eigenvalue weighted by Gasteiger charge is 2.34. The predicted octanol–water partition coefficient (Wildman–Crippen LogP) is 3.81. The molecule has 2 atom stereocenters. The summed E-state index contributed by atoms with van der Waals surface area (Å²) in [6.45, 7) is 5.44. The van der Waals surface area contributed by atoms with E-state index in [2.05, 4.69) is 19.2 Å². The second-order valence-corrected chi connectivity index (χ2v) is 5.70. The third-order valence-electron chi connectivity index (χ3n) is 3.85. The fourth-order valence-electron chi connectivity index (χ4n) is 2.65. The summed E-state index contributed by atoms with van der Waals surface area (Å²) < 4.78 is 51.7. The molecule has 0 amide bonds. The predicted molar refractivity (Wildman–Crippen MR) is 74.9 cm³/mol. The molecule has 1 aromatic rings. The highest BCUT2D eigenvalue weighted by Crippen LogP contribution is 2.34. The van der Waals surface area contributed by atoms with Crippen LogP contribution in [0, 0.1) is 5.82 Å². The Kier molecular flexibility index (Phi) is 4.76. The Labute approximate surface area is 122 Å². The summed E-state index contributed by atoms with van der Waals surface area (Å²) in [4.78, 5) is 1.91. The summed E-state index contributed by atoms with van der Waals surface area (Å²) >= 11 is 0. The van der Waals surface area contributed by atoms with E-state index in [1.165, 1.54) is 6.07 Å². The van der Waals surface area contributed by atoms with E-state index < -0.39 is 17.6 Å². The van der Waals surface area contributed by atoms with Crippen molar-refractivity contribution in [1.29, 1.82) is 0 Å². The lowest BCUT2D eigenvalue weighted by Gasteiger charge is -2.32. The first-order chi connectivity index (χ1) is 9.77. The van der Waals surface area contributed by atoms with Gasteiger partial charge in [-0.1, -0.05) is 0 Å². The standard InChI is InChI=1S/C15H20F4N2/c1-10-5-7-21(8-6-11(2)20-10)12-3-4-14(16)13(9-12)15(17,18)19/h3-4,9-11,20H,5-8H2,1-2H3. The number of rotatable bonds is 1. The van der Waals surface area contributed by atoms with Crippen molar-refractivity contribution in [3.05, 3.63) is 29.6 Å². The Morgan fingerprint density at radius 1 is 1.10 bits per heavy atom. The van der Waals surface area contributed by atoms with Crippen LogP contribution in [0.1, 0.15) is 32.3 Å². The zero-order valence-corrected chi connectivity index (χ0v) is 12.2. The maximum Gasteiger partial charge on any atom is 0.419 e. The van der Waals surface area contributed by atoms with Crippen LogP contribution in [0.5, 0.6) is 0 Å². The molecule has 0 aliphatic carbocycles. The normalized spacial score (nSPS) is 24.6. The van der Waals surface area contributed by atoms with Crippen LogP contribution in [-0.4, -0.2) is 25.2 Å². The van der Waals surface area contributed by atoms with Crippen molar-refractivity contribution in [2.24, 2.45) is 0 Å². The van der Waals surface area contributed by atoms with Gasteiger partial charge in [0.15, 0.2) is 0 Å². The van der Waals surface area contributed by atoms with Gasteiger partial charge >= 0.3 is 6.18 Å². The minimum atomic E-state index is -4.66. The highest BCUT2D eigenvalue weighted by atomic mass is 19.4. The maximum atomic E-state index is 13.4. The molecule has 6 heteroatoms. The average molecular weight is 304 g/mol. The molecule has 0 spiro atoms. The van der Waals surface area contributed by atoms with Crippen LogP contribution in [-0.2, 0) is 6.18 Å². The van der Waals surface area contributed by atoms with Crippen LogP contribution in [0.25, 0.3) is 0 Å². The lowest BCUT2D eigenvalue weighted by Crippen LogP contribution is -2.43. The number of alkyl halides is 3. The minimum absolute atomic E-state index is 0.310. The van der Waals surface area contributed by atoms with Crippen LogP contribution >= 0.6 is 0 Å². The molecule has 0 radical (unpaired) electrons. The molecular formula is C15H20F4N2. The van der Waals surface area contributed by atoms with E-state index in [1.807, 2.05) is 4.90 Å². The Bertz CT molecular complexity index is 475. The molecule has 0 saturated carbocycles. The maximum absolute atomic E-state index is 13.4. The van der Waals surface area contributed by atoms with Crippen molar-refractivity contribution in [3.8, 4) is 0 Å². The smallest absolute Gasteiger partial charge is 0.371 e. The summed E-state index contributed by atoms with van der Waals surface area (Å²) in [7, 11) is 0. The van der Waals surface area contributed by atoms with Crippen molar-refractivity contribution in [2.75, 3.05) is 18.0 Å². The number of nitrogens with zero attached hydrogens (tertiary/aromatic N) is 1. The van der Waals surface area contributed by atoms with Gasteiger partial charge in [-0.15, -0.1) is 0 Å². The van der Waals surface area contributed by atoms with Crippen molar-refractivity contribution in [3.63, 3.8) is 0 Å². The van der Waals surface area contributed by atoms with Gasteiger partial charge in [-0.3, -0.25) is 0 Å². The van der Waals surface area contributed by atoms with Crippen molar-refractivity contribution >= 4 is 5.69 Å². The molecule has 1 fully saturated rings. The molecule has 1 aliphatic heterocycles. The molecule has 21 heavy (non-hydrogen) atoms. The van der Waals surface area contributed by atoms with E-state index in [0.29, 0.717) is 30.9 Å². The zero-order valence-electron chi connectivity index (χ0n) is 12.2. The number of anilines is 1. The molecule has 1 heterocycles. The monoisotopic (exact) mass is 304 g/mol. The molecule has 118 valence electrons. The molecule has 1 aromatic carbocycles. The van der Waals surface area contributed by atoms with E-state index in [9.17, 15) is 17.6 Å². The van der Waals surface area contributed by atoms with Crippen molar-refractivity contribution < 1.29 is 17.6 Å². The van der Waals surface area contributed by atoms with E-state index in [-0.39, 0.29) is 0 Å². The van der Waals surface area contributed by atoms with Crippen LogP contribution in [0.3, 0.4) is 0 Å². The Hall–Kier alpha value is -1.30. The van der Waals surface area contributed by atoms with Crippen molar-refractivity contribution in [1.82, 2.24) is 5.32 Å². The van der Waals surface area contributed by atoms with E-state index in [4.69, 9.17) is 0 Å². The largest absolute Gasteiger partial charge is 0.419 e. The first kappa shape index (κ1) is 16.1. The number of hydrogen-bond acceptors (Lipinski definition) is 2. The van der Waals surface area contributed by atoms with Gasteiger partial charge in [0, 0.05) is 30.9 Å². The van der Waals surface area contributed by atoms with Gasteiger partial charge in [0.05, 0.1) is 5.56 Å². The fourth-order valence-corrected chi connectivity index (χ4v) is 2.65. The zero-order chi connectivity index (χ0) is 15.6. The number of benzene rings is 1. The van der Waals surface area contributed by atoms with E-state index in [0.717, 1.165) is 25.0 Å². The van der Waals surface area contributed by atoms with Gasteiger partial charge in [0.1, 0.15) is 5.82 Å². The average Bonchev–Trinajstić information content (AvgIpc) is 2.36. The van der Waals surface area contributed by atoms with Crippen molar-refractivity contribution in [2.45, 2.75) is 44.9 Å². The van der Waals surface area contributed by atoms with Gasteiger partial charge in [-0.05, 0) is 44.9 Å². The first-order valence-electron chi connectivity index (χ1n) is 7.15. The molecule has 1 aliphatic rings. The van der Waals surface area contributed by atoms with Crippen LogP contribution < -0.4 is 10.2 Å². The first-order valence-corrected chi connectivity index (χ1v) is 7.15. The summed E-state index contributed by atoms with van der Waals surface area (Å²) in [6, 6.07) is 3.87. The fraction of sp³-hybridized carbons (Fsp3) is 0.600.